The van der Waals surface area contributed by atoms with E-state index in [-0.39, 0.29) is 11.5 Å². The van der Waals surface area contributed by atoms with Crippen LogP contribution in [0.25, 0.3) is 6.08 Å². The maximum atomic E-state index is 13.9. The van der Waals surface area contributed by atoms with Gasteiger partial charge in [-0.2, -0.15) is 0 Å². The number of benzene rings is 2. The molecule has 10 heteroatoms. The largest absolute Gasteiger partial charge is 0.497 e. The van der Waals surface area contributed by atoms with E-state index >= 15 is 0 Å². The van der Waals surface area contributed by atoms with Gasteiger partial charge in [-0.1, -0.05) is 41.7 Å². The van der Waals surface area contributed by atoms with Gasteiger partial charge in [0, 0.05) is 30.9 Å². The SMILES string of the molecule is COc1cccc(C2C(C(=O)Nc3ccccc3)=C(C)N=c3sc(=Cc4ccc(N5CCOCC5)o4)c(=O)n32)c1. The van der Waals surface area contributed by atoms with Crippen molar-refractivity contribution in [1.82, 2.24) is 4.57 Å². The summed E-state index contributed by atoms with van der Waals surface area (Å²) in [5, 5.41) is 2.96. The van der Waals surface area contributed by atoms with Gasteiger partial charge in [0.2, 0.25) is 0 Å². The van der Waals surface area contributed by atoms with Gasteiger partial charge < -0.3 is 24.1 Å². The van der Waals surface area contributed by atoms with Crippen LogP contribution in [0.4, 0.5) is 11.6 Å². The van der Waals surface area contributed by atoms with E-state index in [0.717, 1.165) is 24.5 Å². The Balaban J connectivity index is 1.44. The number of allylic oxidation sites excluding steroid dienone is 1. The summed E-state index contributed by atoms with van der Waals surface area (Å²) in [6, 6.07) is 19.7. The zero-order chi connectivity index (χ0) is 27.6. The number of fused-ring (bicyclic) bond motifs is 1. The van der Waals surface area contributed by atoms with Crippen LogP contribution < -0.4 is 29.8 Å². The number of thiazole rings is 1. The van der Waals surface area contributed by atoms with Crippen molar-refractivity contribution < 1.29 is 18.7 Å². The van der Waals surface area contributed by atoms with Gasteiger partial charge in [0.15, 0.2) is 10.7 Å². The van der Waals surface area contributed by atoms with E-state index in [2.05, 4.69) is 10.2 Å². The summed E-state index contributed by atoms with van der Waals surface area (Å²) in [7, 11) is 1.59. The number of carbonyl (C=O) groups is 1. The van der Waals surface area contributed by atoms with Crippen LogP contribution in [0.15, 0.2) is 92.2 Å². The lowest BCUT2D eigenvalue weighted by molar-refractivity contribution is -0.113. The van der Waals surface area contributed by atoms with Gasteiger partial charge in [0.05, 0.1) is 42.2 Å². The Bertz CT molecular complexity index is 1760. The first kappa shape index (κ1) is 25.8. The molecule has 2 aliphatic rings. The number of methoxy groups -OCH3 is 1. The first-order chi connectivity index (χ1) is 19.5. The normalized spacial score (nSPS) is 17.4. The Kier molecular flexibility index (Phi) is 7.10. The van der Waals surface area contributed by atoms with Crippen molar-refractivity contribution in [3.63, 3.8) is 0 Å². The molecule has 0 radical (unpaired) electrons. The quantitative estimate of drug-likeness (QED) is 0.391. The van der Waals surface area contributed by atoms with Gasteiger partial charge in [-0.25, -0.2) is 4.99 Å². The van der Waals surface area contributed by atoms with E-state index in [1.54, 1.807) is 24.7 Å². The molecule has 1 fully saturated rings. The van der Waals surface area contributed by atoms with E-state index in [0.29, 0.717) is 51.0 Å². The van der Waals surface area contributed by atoms with Crippen molar-refractivity contribution in [3.8, 4) is 5.75 Å². The summed E-state index contributed by atoms with van der Waals surface area (Å²) in [6.07, 6.45) is 1.74. The van der Waals surface area contributed by atoms with E-state index in [9.17, 15) is 9.59 Å². The van der Waals surface area contributed by atoms with Crippen LogP contribution in [-0.2, 0) is 9.53 Å². The minimum Gasteiger partial charge on any atom is -0.497 e. The lowest BCUT2D eigenvalue weighted by Gasteiger charge is -2.26. The molecule has 40 heavy (non-hydrogen) atoms. The number of carbonyl (C=O) groups excluding carboxylic acids is 1. The van der Waals surface area contributed by atoms with E-state index in [1.807, 2.05) is 66.7 Å². The molecule has 9 nitrogen and oxygen atoms in total. The van der Waals surface area contributed by atoms with Crippen molar-refractivity contribution in [3.05, 3.63) is 109 Å². The molecule has 2 aliphatic heterocycles. The number of hydrogen-bond donors (Lipinski definition) is 1. The second-order valence-electron chi connectivity index (χ2n) is 9.45. The highest BCUT2D eigenvalue weighted by molar-refractivity contribution is 7.07. The summed E-state index contributed by atoms with van der Waals surface area (Å²) in [5.74, 6) is 1.62. The number of amides is 1. The van der Waals surface area contributed by atoms with E-state index < -0.39 is 6.04 Å². The van der Waals surface area contributed by atoms with Crippen molar-refractivity contribution in [2.75, 3.05) is 43.6 Å². The topological polar surface area (TPSA) is 98.3 Å². The second kappa shape index (κ2) is 11.0. The van der Waals surface area contributed by atoms with E-state index in [4.69, 9.17) is 18.9 Å². The van der Waals surface area contributed by atoms with Gasteiger partial charge in [0.25, 0.3) is 11.5 Å². The van der Waals surface area contributed by atoms with Crippen LogP contribution in [0.1, 0.15) is 24.3 Å². The van der Waals surface area contributed by atoms with Crippen LogP contribution in [0.2, 0.25) is 0 Å². The monoisotopic (exact) mass is 556 g/mol. The number of ether oxygens (including phenoxy) is 2. The molecule has 2 aromatic heterocycles. The molecule has 0 saturated carbocycles. The van der Waals surface area contributed by atoms with Crippen molar-refractivity contribution in [1.29, 1.82) is 0 Å². The number of hydrogen-bond acceptors (Lipinski definition) is 8. The van der Waals surface area contributed by atoms with Gasteiger partial charge in [0.1, 0.15) is 11.5 Å². The third kappa shape index (κ3) is 4.99. The average Bonchev–Trinajstić information content (AvgIpc) is 3.57. The number of nitrogens with zero attached hydrogens (tertiary/aromatic N) is 3. The van der Waals surface area contributed by atoms with Crippen LogP contribution >= 0.6 is 11.3 Å². The maximum Gasteiger partial charge on any atom is 0.271 e. The van der Waals surface area contributed by atoms with Crippen LogP contribution in [0, 0.1) is 0 Å². The molecule has 6 rings (SSSR count). The highest BCUT2D eigenvalue weighted by Gasteiger charge is 2.33. The standard InChI is InChI=1S/C30H28N4O5S/c1-19-26(28(35)32-21-8-4-3-5-9-21)27(20-7-6-10-22(17-20)37-2)34-29(36)24(40-30(34)31-19)18-23-11-12-25(39-23)33-13-15-38-16-14-33/h3-12,17-18,27H,13-16H2,1-2H3,(H,32,35). The molecule has 1 saturated heterocycles. The molecule has 0 aliphatic carbocycles. The summed E-state index contributed by atoms with van der Waals surface area (Å²) in [4.78, 5) is 34.9. The summed E-state index contributed by atoms with van der Waals surface area (Å²) in [5.41, 5.74) is 2.08. The molecule has 4 aromatic rings. The summed E-state index contributed by atoms with van der Waals surface area (Å²) < 4.78 is 19.0. The Morgan fingerprint density at radius 3 is 2.67 bits per heavy atom. The first-order valence-corrected chi connectivity index (χ1v) is 13.8. The number of furan rings is 1. The molecule has 0 spiro atoms. The zero-order valence-electron chi connectivity index (χ0n) is 22.1. The number of nitrogens with one attached hydrogen (secondary N) is 1. The van der Waals surface area contributed by atoms with E-state index in [1.165, 1.54) is 11.3 Å². The predicted molar refractivity (Wildman–Crippen MR) is 154 cm³/mol. The lowest BCUT2D eigenvalue weighted by atomic mass is 9.95. The molecule has 0 bridgehead atoms. The molecule has 1 N–H and O–H groups in total. The number of rotatable bonds is 6. The smallest absolute Gasteiger partial charge is 0.271 e. The third-order valence-electron chi connectivity index (χ3n) is 6.92. The Labute approximate surface area is 234 Å². The molecule has 1 unspecified atom stereocenters. The lowest BCUT2D eigenvalue weighted by Crippen LogP contribution is -2.40. The first-order valence-electron chi connectivity index (χ1n) is 13.0. The number of para-hydroxylation sites is 1. The number of aromatic nitrogens is 1. The summed E-state index contributed by atoms with van der Waals surface area (Å²) in [6.45, 7) is 4.60. The molecule has 4 heterocycles. The van der Waals surface area contributed by atoms with Crippen molar-refractivity contribution >= 4 is 34.9 Å². The molecular formula is C30H28N4O5S. The highest BCUT2D eigenvalue weighted by atomic mass is 32.1. The van der Waals surface area contributed by atoms with Crippen LogP contribution in [0.3, 0.4) is 0 Å². The highest BCUT2D eigenvalue weighted by Crippen LogP contribution is 2.32. The molecule has 1 atom stereocenters. The fraction of sp³-hybridized carbons (Fsp3) is 0.233. The van der Waals surface area contributed by atoms with Crippen molar-refractivity contribution in [2.24, 2.45) is 4.99 Å². The Morgan fingerprint density at radius 2 is 1.90 bits per heavy atom. The fourth-order valence-electron chi connectivity index (χ4n) is 4.96. The zero-order valence-corrected chi connectivity index (χ0v) is 22.9. The average molecular weight is 557 g/mol. The minimum atomic E-state index is -0.697. The second-order valence-corrected chi connectivity index (χ2v) is 10.5. The summed E-state index contributed by atoms with van der Waals surface area (Å²) >= 11 is 1.27. The van der Waals surface area contributed by atoms with Crippen molar-refractivity contribution in [2.45, 2.75) is 13.0 Å². The molecule has 2 aromatic carbocycles. The maximum absolute atomic E-state index is 13.9. The third-order valence-corrected chi connectivity index (χ3v) is 7.90. The molecule has 1 amide bonds. The van der Waals surface area contributed by atoms with Crippen LogP contribution in [0.5, 0.6) is 5.75 Å². The minimum absolute atomic E-state index is 0.251. The van der Waals surface area contributed by atoms with Gasteiger partial charge in [-0.15, -0.1) is 0 Å². The van der Waals surface area contributed by atoms with Gasteiger partial charge in [-0.3, -0.25) is 14.2 Å². The molecular weight excluding hydrogens is 528 g/mol. The Hall–Kier alpha value is -4.41. The molecule has 204 valence electrons. The number of anilines is 2. The predicted octanol–water partition coefficient (Wildman–Crippen LogP) is 3.31. The van der Waals surface area contributed by atoms with Crippen LogP contribution in [-0.4, -0.2) is 43.9 Å². The Morgan fingerprint density at radius 1 is 1.10 bits per heavy atom. The fourth-order valence-corrected chi connectivity index (χ4v) is 5.99. The van der Waals surface area contributed by atoms with Gasteiger partial charge in [-0.05, 0) is 42.8 Å². The number of morpholine rings is 1. The van der Waals surface area contributed by atoms with Gasteiger partial charge >= 0.3 is 0 Å².